The van der Waals surface area contributed by atoms with Crippen LogP contribution in [-0.2, 0) is 6.42 Å². The molecule has 0 radical (unpaired) electrons. The zero-order chi connectivity index (χ0) is 13.3. The van der Waals surface area contributed by atoms with Crippen molar-refractivity contribution in [1.29, 1.82) is 0 Å². The lowest BCUT2D eigenvalue weighted by Gasteiger charge is -2.05. The van der Waals surface area contributed by atoms with Gasteiger partial charge in [0.15, 0.2) is 5.82 Å². The molecule has 2 aromatic heterocycles. The summed E-state index contributed by atoms with van der Waals surface area (Å²) >= 11 is 11.7. The van der Waals surface area contributed by atoms with Gasteiger partial charge in [0.25, 0.3) is 5.56 Å². The average Bonchev–Trinajstić information content (AvgIpc) is 2.28. The normalized spacial score (nSPS) is 10.6. The molecule has 7 heteroatoms. The van der Waals surface area contributed by atoms with Crippen molar-refractivity contribution in [2.45, 2.75) is 13.3 Å². The summed E-state index contributed by atoms with van der Waals surface area (Å²) in [7, 11) is 0. The van der Waals surface area contributed by atoms with Gasteiger partial charge in [0, 0.05) is 6.20 Å². The lowest BCUT2D eigenvalue weighted by molar-refractivity contribution is 0.444. The van der Waals surface area contributed by atoms with Gasteiger partial charge in [0.05, 0.1) is 15.6 Å². The number of aromatic amines is 1. The maximum Gasteiger partial charge on any atom is 0.258 e. The molecule has 0 saturated carbocycles. The van der Waals surface area contributed by atoms with Crippen LogP contribution in [0.2, 0.25) is 10.0 Å². The molecule has 2 rings (SSSR count). The Bertz CT molecular complexity index is 655. The molecule has 0 unspecified atom stereocenters. The molecular weight excluding hydrogens is 277 g/mol. The molecular formula is C11H9Cl2N3O2. The molecule has 94 valence electrons. The first-order chi connectivity index (χ1) is 8.52. The number of aromatic hydroxyl groups is 1. The fraction of sp³-hybridized carbons (Fsp3) is 0.182. The van der Waals surface area contributed by atoms with E-state index in [2.05, 4.69) is 15.0 Å². The number of nitrogens with one attached hydrogen (secondary N) is 1. The number of hydrogen-bond acceptors (Lipinski definition) is 4. The summed E-state index contributed by atoms with van der Waals surface area (Å²) in [6.07, 6.45) is 1.77. The fourth-order valence-electron chi connectivity index (χ4n) is 1.51. The van der Waals surface area contributed by atoms with Gasteiger partial charge in [-0.05, 0) is 12.5 Å². The predicted molar refractivity (Wildman–Crippen MR) is 69.2 cm³/mol. The van der Waals surface area contributed by atoms with Crippen molar-refractivity contribution in [3.63, 3.8) is 0 Å². The number of aromatic nitrogens is 3. The van der Waals surface area contributed by atoms with Crippen LogP contribution in [0.5, 0.6) is 5.88 Å². The lowest BCUT2D eigenvalue weighted by atomic mass is 10.2. The molecule has 0 aliphatic carbocycles. The second-order valence-corrected chi connectivity index (χ2v) is 4.40. The quantitative estimate of drug-likeness (QED) is 0.888. The van der Waals surface area contributed by atoms with Gasteiger partial charge in [-0.3, -0.25) is 4.79 Å². The van der Waals surface area contributed by atoms with Crippen LogP contribution in [0, 0.1) is 0 Å². The molecule has 0 bridgehead atoms. The maximum absolute atomic E-state index is 11.7. The summed E-state index contributed by atoms with van der Waals surface area (Å²) < 4.78 is 0. The Morgan fingerprint density at radius 1 is 1.44 bits per heavy atom. The number of pyridine rings is 1. The van der Waals surface area contributed by atoms with Crippen molar-refractivity contribution in [1.82, 2.24) is 15.0 Å². The molecule has 0 aliphatic rings. The summed E-state index contributed by atoms with van der Waals surface area (Å²) in [6.45, 7) is 1.75. The maximum atomic E-state index is 11.7. The van der Waals surface area contributed by atoms with E-state index in [9.17, 15) is 9.90 Å². The highest BCUT2D eigenvalue weighted by Gasteiger charge is 2.13. The molecule has 18 heavy (non-hydrogen) atoms. The van der Waals surface area contributed by atoms with Crippen molar-refractivity contribution in [3.8, 4) is 17.4 Å². The highest BCUT2D eigenvalue weighted by Crippen LogP contribution is 2.26. The Morgan fingerprint density at radius 3 is 2.72 bits per heavy atom. The van der Waals surface area contributed by atoms with E-state index in [4.69, 9.17) is 23.2 Å². The smallest absolute Gasteiger partial charge is 0.258 e. The topological polar surface area (TPSA) is 78.9 Å². The van der Waals surface area contributed by atoms with Crippen LogP contribution in [0.1, 0.15) is 12.5 Å². The molecule has 2 N–H and O–H groups in total. The van der Waals surface area contributed by atoms with E-state index in [1.54, 1.807) is 6.92 Å². The Balaban J connectivity index is 2.62. The first-order valence-electron chi connectivity index (χ1n) is 5.16. The third kappa shape index (κ3) is 2.32. The third-order valence-corrected chi connectivity index (χ3v) is 2.87. The molecule has 0 aliphatic heterocycles. The zero-order valence-electron chi connectivity index (χ0n) is 9.37. The van der Waals surface area contributed by atoms with Gasteiger partial charge >= 0.3 is 0 Å². The van der Waals surface area contributed by atoms with Crippen molar-refractivity contribution >= 4 is 23.2 Å². The SMILES string of the molecule is CCc1c(O)nc(-c2ncc(Cl)cc2Cl)[nH]c1=O. The van der Waals surface area contributed by atoms with Crippen molar-refractivity contribution in [2.24, 2.45) is 0 Å². The van der Waals surface area contributed by atoms with Gasteiger partial charge in [-0.2, -0.15) is 4.98 Å². The number of H-pyrrole nitrogens is 1. The van der Waals surface area contributed by atoms with Gasteiger partial charge in [-0.25, -0.2) is 4.98 Å². The largest absolute Gasteiger partial charge is 0.493 e. The van der Waals surface area contributed by atoms with Crippen LogP contribution in [0.4, 0.5) is 0 Å². The second-order valence-electron chi connectivity index (χ2n) is 3.55. The van der Waals surface area contributed by atoms with Gasteiger partial charge in [0.1, 0.15) is 5.69 Å². The Hall–Kier alpha value is -1.59. The van der Waals surface area contributed by atoms with Gasteiger partial charge < -0.3 is 10.1 Å². The van der Waals surface area contributed by atoms with Crippen LogP contribution < -0.4 is 5.56 Å². The van der Waals surface area contributed by atoms with E-state index in [0.29, 0.717) is 11.4 Å². The van der Waals surface area contributed by atoms with Crippen LogP contribution in [0.25, 0.3) is 11.5 Å². The summed E-state index contributed by atoms with van der Waals surface area (Å²) in [5, 5.41) is 10.3. The van der Waals surface area contributed by atoms with Gasteiger partial charge in [0.2, 0.25) is 5.88 Å². The Morgan fingerprint density at radius 2 is 2.17 bits per heavy atom. The Kier molecular flexibility index (Phi) is 3.54. The molecule has 0 aromatic carbocycles. The molecule has 2 aromatic rings. The van der Waals surface area contributed by atoms with Gasteiger partial charge in [-0.15, -0.1) is 0 Å². The average molecular weight is 286 g/mol. The van der Waals surface area contributed by atoms with E-state index in [0.717, 1.165) is 0 Å². The van der Waals surface area contributed by atoms with Crippen molar-refractivity contribution in [3.05, 3.63) is 38.2 Å². The number of nitrogens with zero attached hydrogens (tertiary/aromatic N) is 2. The second kappa shape index (κ2) is 4.96. The summed E-state index contributed by atoms with van der Waals surface area (Å²) in [5.74, 6) is -0.208. The summed E-state index contributed by atoms with van der Waals surface area (Å²) in [5.41, 5.74) is 0.0766. The molecule has 0 fully saturated rings. The van der Waals surface area contributed by atoms with E-state index < -0.39 is 5.56 Å². The highest BCUT2D eigenvalue weighted by molar-refractivity contribution is 6.35. The zero-order valence-corrected chi connectivity index (χ0v) is 10.9. The van der Waals surface area contributed by atoms with Crippen molar-refractivity contribution in [2.75, 3.05) is 0 Å². The van der Waals surface area contributed by atoms with Crippen molar-refractivity contribution < 1.29 is 5.11 Å². The fourth-order valence-corrected chi connectivity index (χ4v) is 1.98. The standard InChI is InChI=1S/C11H9Cl2N3O2/c1-2-6-10(17)15-9(16-11(6)18)8-7(13)3-5(12)4-14-8/h3-4H,2H2,1H3,(H2,15,16,17,18). The van der Waals surface area contributed by atoms with E-state index >= 15 is 0 Å². The summed E-state index contributed by atoms with van der Waals surface area (Å²) in [4.78, 5) is 22.1. The van der Waals surface area contributed by atoms with Crippen LogP contribution >= 0.6 is 23.2 Å². The number of halogens is 2. The molecule has 0 amide bonds. The summed E-state index contributed by atoms with van der Waals surface area (Å²) in [6, 6.07) is 1.48. The molecule has 0 atom stereocenters. The first kappa shape index (κ1) is 12.9. The molecule has 0 spiro atoms. The Labute approximate surface area is 112 Å². The number of hydrogen-bond donors (Lipinski definition) is 2. The van der Waals surface area contributed by atoms with E-state index in [1.165, 1.54) is 12.3 Å². The minimum Gasteiger partial charge on any atom is -0.493 e. The minimum atomic E-state index is -0.409. The van der Waals surface area contributed by atoms with Gasteiger partial charge in [-0.1, -0.05) is 30.1 Å². The predicted octanol–water partition coefficient (Wildman–Crippen LogP) is 2.41. The molecule has 0 saturated heterocycles. The monoisotopic (exact) mass is 285 g/mol. The van der Waals surface area contributed by atoms with Crippen LogP contribution in [0.15, 0.2) is 17.1 Å². The third-order valence-electron chi connectivity index (χ3n) is 2.38. The van der Waals surface area contributed by atoms with E-state index in [-0.39, 0.29) is 28.0 Å². The molecule has 5 nitrogen and oxygen atoms in total. The van der Waals surface area contributed by atoms with E-state index in [1.807, 2.05) is 0 Å². The lowest BCUT2D eigenvalue weighted by Crippen LogP contribution is -2.14. The molecule has 2 heterocycles. The first-order valence-corrected chi connectivity index (χ1v) is 5.92. The highest BCUT2D eigenvalue weighted by atomic mass is 35.5. The van der Waals surface area contributed by atoms with Crippen LogP contribution in [0.3, 0.4) is 0 Å². The minimum absolute atomic E-state index is 0.108. The number of rotatable bonds is 2. The van der Waals surface area contributed by atoms with Crippen LogP contribution in [-0.4, -0.2) is 20.1 Å².